The number of nitrogens with one attached hydrogen (secondary N) is 1. The minimum atomic E-state index is 0.267. The lowest BCUT2D eigenvalue weighted by atomic mass is 9.94. The van der Waals surface area contributed by atoms with E-state index in [0.29, 0.717) is 6.04 Å². The van der Waals surface area contributed by atoms with E-state index in [2.05, 4.69) is 41.4 Å². The minimum Gasteiger partial charge on any atom is -0.309 e. The molecule has 1 saturated heterocycles. The number of hydrogen-bond acceptors (Lipinski definition) is 4. The molecule has 0 radical (unpaired) electrons. The number of piperazine rings is 1. The number of hydrogen-bond donors (Lipinski definition) is 1. The van der Waals surface area contributed by atoms with Gasteiger partial charge in [-0.15, -0.1) is 11.3 Å². The maximum Gasteiger partial charge on any atom is 0.110 e. The Morgan fingerprint density at radius 3 is 3.00 bits per heavy atom. The van der Waals surface area contributed by atoms with E-state index in [-0.39, 0.29) is 5.54 Å². The molecule has 96 valence electrons. The molecule has 0 aliphatic carbocycles. The molecule has 1 aliphatic heterocycles. The zero-order valence-electron chi connectivity index (χ0n) is 11.1. The van der Waals surface area contributed by atoms with Crippen LogP contribution >= 0.6 is 11.3 Å². The van der Waals surface area contributed by atoms with Gasteiger partial charge in [0.25, 0.3) is 0 Å². The monoisotopic (exact) mass is 253 g/mol. The molecule has 17 heavy (non-hydrogen) atoms. The number of nitrogens with zero attached hydrogens (tertiary/aromatic N) is 2. The number of aromatic nitrogens is 1. The topological polar surface area (TPSA) is 28.2 Å². The highest BCUT2D eigenvalue weighted by Crippen LogP contribution is 2.29. The summed E-state index contributed by atoms with van der Waals surface area (Å²) in [4.78, 5) is 7.09. The predicted octanol–water partition coefficient (Wildman–Crippen LogP) is 2.67. The van der Waals surface area contributed by atoms with Crippen molar-refractivity contribution in [2.45, 2.75) is 45.2 Å². The first kappa shape index (κ1) is 13.0. The lowest BCUT2D eigenvalue weighted by Gasteiger charge is -2.43. The minimum absolute atomic E-state index is 0.267. The van der Waals surface area contributed by atoms with Crippen LogP contribution < -0.4 is 5.32 Å². The lowest BCUT2D eigenvalue weighted by molar-refractivity contribution is 0.0950. The van der Waals surface area contributed by atoms with Gasteiger partial charge in [-0.25, -0.2) is 4.98 Å². The van der Waals surface area contributed by atoms with Crippen LogP contribution in [0.3, 0.4) is 0 Å². The van der Waals surface area contributed by atoms with Crippen molar-refractivity contribution in [2.24, 2.45) is 0 Å². The molecule has 4 heteroatoms. The summed E-state index contributed by atoms with van der Waals surface area (Å²) >= 11 is 1.78. The van der Waals surface area contributed by atoms with Crippen LogP contribution in [0, 0.1) is 0 Å². The molecule has 0 aromatic carbocycles. The first-order chi connectivity index (χ1) is 8.18. The van der Waals surface area contributed by atoms with Crippen molar-refractivity contribution in [1.29, 1.82) is 0 Å². The molecule has 1 aromatic rings. The van der Waals surface area contributed by atoms with Gasteiger partial charge in [0, 0.05) is 36.8 Å². The fraction of sp³-hybridized carbons (Fsp3) is 0.769. The standard InChI is InChI=1S/C13H23N3S/c1-4-11(12-14-7-9-17-12)16-8-6-15-13(3,5-2)10-16/h7,9,11,15H,4-6,8,10H2,1-3H3. The molecule has 2 unspecified atom stereocenters. The van der Waals surface area contributed by atoms with Gasteiger partial charge >= 0.3 is 0 Å². The third-order valence-corrected chi connectivity index (χ3v) is 4.72. The van der Waals surface area contributed by atoms with Crippen LogP contribution in [-0.4, -0.2) is 35.1 Å². The third kappa shape index (κ3) is 2.87. The Hall–Kier alpha value is -0.450. The quantitative estimate of drug-likeness (QED) is 0.894. The summed E-state index contributed by atoms with van der Waals surface area (Å²) in [6.45, 7) is 10.2. The molecule has 0 bridgehead atoms. The molecular formula is C13H23N3S. The molecule has 1 aliphatic rings. The fourth-order valence-electron chi connectivity index (χ4n) is 2.58. The van der Waals surface area contributed by atoms with Gasteiger partial charge in [-0.3, -0.25) is 4.90 Å². The van der Waals surface area contributed by atoms with Gasteiger partial charge in [-0.2, -0.15) is 0 Å². The summed E-state index contributed by atoms with van der Waals surface area (Å²) in [5.41, 5.74) is 0.267. The van der Waals surface area contributed by atoms with E-state index in [9.17, 15) is 0 Å². The Balaban J connectivity index is 2.10. The SMILES string of the molecule is CCC(c1nccs1)N1CCNC(C)(CC)C1. The Morgan fingerprint density at radius 2 is 2.41 bits per heavy atom. The zero-order valence-corrected chi connectivity index (χ0v) is 11.9. The maximum atomic E-state index is 4.49. The van der Waals surface area contributed by atoms with E-state index in [0.717, 1.165) is 26.1 Å². The molecule has 2 heterocycles. The van der Waals surface area contributed by atoms with E-state index in [1.54, 1.807) is 11.3 Å². The van der Waals surface area contributed by atoms with Crippen LogP contribution in [-0.2, 0) is 0 Å². The number of thiazole rings is 1. The summed E-state index contributed by atoms with van der Waals surface area (Å²) in [7, 11) is 0. The van der Waals surface area contributed by atoms with Crippen molar-refractivity contribution < 1.29 is 0 Å². The third-order valence-electron chi connectivity index (χ3n) is 3.85. The van der Waals surface area contributed by atoms with Crippen LogP contribution in [0.2, 0.25) is 0 Å². The molecule has 3 nitrogen and oxygen atoms in total. The molecule has 1 N–H and O–H groups in total. The zero-order chi connectivity index (χ0) is 12.3. The van der Waals surface area contributed by atoms with Crippen molar-refractivity contribution >= 4 is 11.3 Å². The molecule has 0 amide bonds. The highest BCUT2D eigenvalue weighted by atomic mass is 32.1. The molecule has 0 saturated carbocycles. The molecular weight excluding hydrogens is 230 g/mol. The van der Waals surface area contributed by atoms with Crippen molar-refractivity contribution in [1.82, 2.24) is 15.2 Å². The van der Waals surface area contributed by atoms with E-state index in [1.165, 1.54) is 11.4 Å². The van der Waals surface area contributed by atoms with Gasteiger partial charge in [-0.1, -0.05) is 13.8 Å². The lowest BCUT2D eigenvalue weighted by Crippen LogP contribution is -2.58. The average Bonchev–Trinajstić information content (AvgIpc) is 2.84. The summed E-state index contributed by atoms with van der Waals surface area (Å²) in [5.74, 6) is 0. The second-order valence-electron chi connectivity index (χ2n) is 5.11. The number of rotatable bonds is 4. The van der Waals surface area contributed by atoms with E-state index >= 15 is 0 Å². The van der Waals surface area contributed by atoms with Gasteiger partial charge in [-0.05, 0) is 19.8 Å². The first-order valence-corrected chi connectivity index (χ1v) is 7.45. The molecule has 2 atom stereocenters. The van der Waals surface area contributed by atoms with Crippen molar-refractivity contribution in [3.05, 3.63) is 16.6 Å². The average molecular weight is 253 g/mol. The van der Waals surface area contributed by atoms with Crippen LogP contribution in [0.25, 0.3) is 0 Å². The maximum absolute atomic E-state index is 4.49. The van der Waals surface area contributed by atoms with Crippen LogP contribution in [0.15, 0.2) is 11.6 Å². The molecule has 1 aromatic heterocycles. The first-order valence-electron chi connectivity index (χ1n) is 6.57. The smallest absolute Gasteiger partial charge is 0.110 e. The Morgan fingerprint density at radius 1 is 1.59 bits per heavy atom. The van der Waals surface area contributed by atoms with E-state index < -0.39 is 0 Å². The van der Waals surface area contributed by atoms with Crippen molar-refractivity contribution in [3.63, 3.8) is 0 Å². The highest BCUT2D eigenvalue weighted by Gasteiger charge is 2.32. The second-order valence-corrected chi connectivity index (χ2v) is 6.03. The van der Waals surface area contributed by atoms with E-state index in [1.807, 2.05) is 6.20 Å². The van der Waals surface area contributed by atoms with Crippen LogP contribution in [0.5, 0.6) is 0 Å². The van der Waals surface area contributed by atoms with E-state index in [4.69, 9.17) is 0 Å². The van der Waals surface area contributed by atoms with Crippen molar-refractivity contribution in [3.8, 4) is 0 Å². The van der Waals surface area contributed by atoms with Crippen molar-refractivity contribution in [2.75, 3.05) is 19.6 Å². The fourth-order valence-corrected chi connectivity index (χ4v) is 3.43. The summed E-state index contributed by atoms with van der Waals surface area (Å²) in [5, 5.41) is 6.99. The van der Waals surface area contributed by atoms with Gasteiger partial charge < -0.3 is 5.32 Å². The van der Waals surface area contributed by atoms with Gasteiger partial charge in [0.2, 0.25) is 0 Å². The summed E-state index contributed by atoms with van der Waals surface area (Å²) in [6, 6.07) is 0.503. The Labute approximate surface area is 108 Å². The predicted molar refractivity (Wildman–Crippen MR) is 73.4 cm³/mol. The normalized spacial score (nSPS) is 28.2. The Bertz CT molecular complexity index is 338. The molecule has 0 spiro atoms. The van der Waals surface area contributed by atoms with Gasteiger partial charge in [0.1, 0.15) is 5.01 Å². The summed E-state index contributed by atoms with van der Waals surface area (Å²) < 4.78 is 0. The Kier molecular flexibility index (Phi) is 4.17. The summed E-state index contributed by atoms with van der Waals surface area (Å²) in [6.07, 6.45) is 4.25. The van der Waals surface area contributed by atoms with Crippen LogP contribution in [0.1, 0.15) is 44.7 Å². The molecule has 2 rings (SSSR count). The van der Waals surface area contributed by atoms with Crippen LogP contribution in [0.4, 0.5) is 0 Å². The molecule has 1 fully saturated rings. The van der Waals surface area contributed by atoms with Gasteiger partial charge in [0.05, 0.1) is 6.04 Å². The van der Waals surface area contributed by atoms with Gasteiger partial charge in [0.15, 0.2) is 0 Å². The largest absolute Gasteiger partial charge is 0.309 e. The highest BCUT2D eigenvalue weighted by molar-refractivity contribution is 7.09. The second kappa shape index (κ2) is 5.46.